The molecule has 2 aromatic heterocycles. The summed E-state index contributed by atoms with van der Waals surface area (Å²) in [6.07, 6.45) is 2.36. The van der Waals surface area contributed by atoms with Crippen LogP contribution in [-0.2, 0) is 0 Å². The number of nitrogens with two attached hydrogens (primary N) is 1. The monoisotopic (exact) mass is 218 g/mol. The lowest BCUT2D eigenvalue weighted by molar-refractivity contribution is 0.264. The van der Waals surface area contributed by atoms with E-state index in [1.54, 1.807) is 4.52 Å². The molecule has 0 saturated heterocycles. The standard InChI is InChI=1S/C11H14N4O/c12-8(6-16)9-2-1-3-10-13-11(7-4-5-7)14-15(9)10/h1-3,7-8,16H,4-6,12H2. The van der Waals surface area contributed by atoms with Crippen LogP contribution in [0.1, 0.15) is 36.3 Å². The van der Waals surface area contributed by atoms with Gasteiger partial charge in [0.2, 0.25) is 0 Å². The predicted molar refractivity (Wildman–Crippen MR) is 59.0 cm³/mol. The number of hydrogen-bond donors (Lipinski definition) is 2. The van der Waals surface area contributed by atoms with Crippen molar-refractivity contribution in [2.45, 2.75) is 24.8 Å². The SMILES string of the molecule is NC(CO)c1cccc2nc(C3CC3)nn12. The Bertz CT molecular complexity index is 518. The van der Waals surface area contributed by atoms with E-state index >= 15 is 0 Å². The van der Waals surface area contributed by atoms with Crippen LogP contribution in [-0.4, -0.2) is 26.3 Å². The van der Waals surface area contributed by atoms with Crippen molar-refractivity contribution in [2.24, 2.45) is 5.73 Å². The second kappa shape index (κ2) is 3.54. The second-order valence-corrected chi connectivity index (χ2v) is 4.25. The first-order valence-corrected chi connectivity index (χ1v) is 5.51. The summed E-state index contributed by atoms with van der Waals surface area (Å²) in [6.45, 7) is -0.0856. The molecule has 1 aliphatic rings. The minimum absolute atomic E-state index is 0.0856. The molecule has 0 radical (unpaired) electrons. The number of aliphatic hydroxyl groups is 1. The summed E-state index contributed by atoms with van der Waals surface area (Å²) in [6, 6.07) is 5.27. The van der Waals surface area contributed by atoms with Crippen LogP contribution >= 0.6 is 0 Å². The first kappa shape index (κ1) is 9.74. The molecule has 2 heterocycles. The summed E-state index contributed by atoms with van der Waals surface area (Å²) in [4.78, 5) is 4.47. The van der Waals surface area contributed by atoms with Crippen molar-refractivity contribution in [3.05, 3.63) is 29.7 Å². The summed E-state index contributed by atoms with van der Waals surface area (Å²) in [7, 11) is 0. The Kier molecular flexibility index (Phi) is 2.15. The molecule has 0 aromatic carbocycles. The fraction of sp³-hybridized carbons (Fsp3) is 0.455. The summed E-state index contributed by atoms with van der Waals surface area (Å²) < 4.78 is 1.74. The minimum atomic E-state index is -0.405. The van der Waals surface area contributed by atoms with Gasteiger partial charge in [0, 0.05) is 5.92 Å². The van der Waals surface area contributed by atoms with Gasteiger partial charge in [-0.25, -0.2) is 9.50 Å². The Balaban J connectivity index is 2.13. The van der Waals surface area contributed by atoms with Gasteiger partial charge >= 0.3 is 0 Å². The zero-order valence-electron chi connectivity index (χ0n) is 8.87. The van der Waals surface area contributed by atoms with Crippen LogP contribution in [0.2, 0.25) is 0 Å². The largest absolute Gasteiger partial charge is 0.394 e. The van der Waals surface area contributed by atoms with Crippen molar-refractivity contribution in [3.63, 3.8) is 0 Å². The minimum Gasteiger partial charge on any atom is -0.394 e. The topological polar surface area (TPSA) is 76.4 Å². The Labute approximate surface area is 92.9 Å². The van der Waals surface area contributed by atoms with E-state index in [4.69, 9.17) is 10.8 Å². The maximum absolute atomic E-state index is 9.09. The quantitative estimate of drug-likeness (QED) is 0.791. The van der Waals surface area contributed by atoms with Crippen LogP contribution in [0.15, 0.2) is 18.2 Å². The van der Waals surface area contributed by atoms with Gasteiger partial charge in [-0.1, -0.05) is 6.07 Å². The lowest BCUT2D eigenvalue weighted by atomic mass is 10.2. The maximum Gasteiger partial charge on any atom is 0.156 e. The lowest BCUT2D eigenvalue weighted by Gasteiger charge is -2.09. The van der Waals surface area contributed by atoms with Gasteiger partial charge in [-0.05, 0) is 25.0 Å². The number of rotatable bonds is 3. The number of aliphatic hydroxyl groups excluding tert-OH is 1. The van der Waals surface area contributed by atoms with E-state index in [2.05, 4.69) is 10.1 Å². The molecule has 5 nitrogen and oxygen atoms in total. The maximum atomic E-state index is 9.09. The molecule has 3 N–H and O–H groups in total. The molecule has 5 heteroatoms. The Morgan fingerprint density at radius 2 is 2.31 bits per heavy atom. The first-order chi connectivity index (χ1) is 7.79. The molecule has 0 amide bonds. The number of pyridine rings is 1. The van der Waals surface area contributed by atoms with E-state index in [-0.39, 0.29) is 6.61 Å². The summed E-state index contributed by atoms with van der Waals surface area (Å²) in [5.74, 6) is 1.43. The number of fused-ring (bicyclic) bond motifs is 1. The number of nitrogens with zero attached hydrogens (tertiary/aromatic N) is 3. The molecule has 16 heavy (non-hydrogen) atoms. The molecule has 1 saturated carbocycles. The zero-order chi connectivity index (χ0) is 11.1. The van der Waals surface area contributed by atoms with Gasteiger partial charge in [0.15, 0.2) is 11.5 Å². The molecule has 0 aliphatic heterocycles. The van der Waals surface area contributed by atoms with Crippen molar-refractivity contribution < 1.29 is 5.11 Å². The van der Waals surface area contributed by atoms with Gasteiger partial charge in [-0.15, -0.1) is 0 Å². The van der Waals surface area contributed by atoms with Crippen molar-refractivity contribution in [3.8, 4) is 0 Å². The van der Waals surface area contributed by atoms with Crippen LogP contribution in [0.4, 0.5) is 0 Å². The van der Waals surface area contributed by atoms with Gasteiger partial charge in [-0.3, -0.25) is 0 Å². The predicted octanol–water partition coefficient (Wildman–Crippen LogP) is 0.599. The van der Waals surface area contributed by atoms with E-state index < -0.39 is 6.04 Å². The fourth-order valence-corrected chi connectivity index (χ4v) is 1.83. The highest BCUT2D eigenvalue weighted by molar-refractivity contribution is 5.40. The molecule has 1 aliphatic carbocycles. The Morgan fingerprint density at radius 3 is 3.00 bits per heavy atom. The van der Waals surface area contributed by atoms with Crippen molar-refractivity contribution in [2.75, 3.05) is 6.61 Å². The van der Waals surface area contributed by atoms with Gasteiger partial charge in [0.1, 0.15) is 0 Å². The van der Waals surface area contributed by atoms with Gasteiger partial charge in [-0.2, -0.15) is 5.10 Å². The molecule has 84 valence electrons. The summed E-state index contributed by atoms with van der Waals surface area (Å²) in [5, 5.41) is 13.5. The zero-order valence-corrected chi connectivity index (χ0v) is 8.87. The number of aromatic nitrogens is 3. The van der Waals surface area contributed by atoms with Crippen molar-refractivity contribution in [1.82, 2.24) is 14.6 Å². The highest BCUT2D eigenvalue weighted by Gasteiger charge is 2.28. The molecule has 2 aromatic rings. The molecule has 1 fully saturated rings. The normalized spacial score (nSPS) is 17.9. The molecule has 0 bridgehead atoms. The van der Waals surface area contributed by atoms with E-state index in [0.29, 0.717) is 5.92 Å². The van der Waals surface area contributed by atoms with Crippen LogP contribution < -0.4 is 5.73 Å². The summed E-state index contributed by atoms with van der Waals surface area (Å²) >= 11 is 0. The third kappa shape index (κ3) is 1.48. The van der Waals surface area contributed by atoms with Gasteiger partial charge < -0.3 is 10.8 Å². The van der Waals surface area contributed by atoms with Crippen LogP contribution in [0.25, 0.3) is 5.65 Å². The van der Waals surface area contributed by atoms with E-state index in [1.807, 2.05) is 18.2 Å². The molecule has 0 spiro atoms. The Hall–Kier alpha value is -1.46. The summed E-state index contributed by atoms with van der Waals surface area (Å²) in [5.41, 5.74) is 7.44. The smallest absolute Gasteiger partial charge is 0.156 e. The molecule has 1 atom stereocenters. The first-order valence-electron chi connectivity index (χ1n) is 5.51. The van der Waals surface area contributed by atoms with Crippen molar-refractivity contribution in [1.29, 1.82) is 0 Å². The third-order valence-electron chi connectivity index (χ3n) is 2.92. The Morgan fingerprint density at radius 1 is 1.50 bits per heavy atom. The average Bonchev–Trinajstić information content (AvgIpc) is 3.07. The van der Waals surface area contributed by atoms with Crippen LogP contribution in [0.3, 0.4) is 0 Å². The fourth-order valence-electron chi connectivity index (χ4n) is 1.83. The van der Waals surface area contributed by atoms with E-state index in [9.17, 15) is 0 Å². The highest BCUT2D eigenvalue weighted by Crippen LogP contribution is 2.38. The lowest BCUT2D eigenvalue weighted by Crippen LogP contribution is -2.18. The highest BCUT2D eigenvalue weighted by atomic mass is 16.3. The van der Waals surface area contributed by atoms with Crippen molar-refractivity contribution >= 4 is 5.65 Å². The molecule has 1 unspecified atom stereocenters. The van der Waals surface area contributed by atoms with E-state index in [1.165, 1.54) is 12.8 Å². The molecular weight excluding hydrogens is 204 g/mol. The third-order valence-corrected chi connectivity index (χ3v) is 2.92. The average molecular weight is 218 g/mol. The van der Waals surface area contributed by atoms with Crippen LogP contribution in [0.5, 0.6) is 0 Å². The van der Waals surface area contributed by atoms with Gasteiger partial charge in [0.25, 0.3) is 0 Å². The number of hydrogen-bond acceptors (Lipinski definition) is 4. The van der Waals surface area contributed by atoms with Gasteiger partial charge in [0.05, 0.1) is 18.3 Å². The molecular formula is C11H14N4O. The second-order valence-electron chi connectivity index (χ2n) is 4.25. The van der Waals surface area contributed by atoms with Crippen LogP contribution in [0, 0.1) is 0 Å². The molecule has 3 rings (SSSR count). The van der Waals surface area contributed by atoms with E-state index in [0.717, 1.165) is 17.2 Å².